The number of nitrogens with zero attached hydrogens (tertiary/aromatic N) is 2. The Balaban J connectivity index is 1.35. The molecule has 31 heavy (non-hydrogen) atoms. The van der Waals surface area contributed by atoms with Crippen LogP contribution in [-0.2, 0) is 19.5 Å². The van der Waals surface area contributed by atoms with Crippen LogP contribution in [0.25, 0.3) is 22.0 Å². The highest BCUT2D eigenvalue weighted by atomic mass is 16.2. The Morgan fingerprint density at radius 2 is 1.77 bits per heavy atom. The molecule has 1 amide bonds. The van der Waals surface area contributed by atoms with Crippen LogP contribution >= 0.6 is 0 Å². The number of pyridine rings is 1. The summed E-state index contributed by atoms with van der Waals surface area (Å²) in [5.74, 6) is 0.116. The summed E-state index contributed by atoms with van der Waals surface area (Å²) in [5.41, 5.74) is 7.30. The number of fused-ring (bicyclic) bond motifs is 2. The highest BCUT2D eigenvalue weighted by molar-refractivity contribution is 6.04. The number of hydrogen-bond donors (Lipinski definition) is 1. The number of carbonyl (C=O) groups is 1. The van der Waals surface area contributed by atoms with Crippen molar-refractivity contribution in [3.8, 4) is 11.1 Å². The van der Waals surface area contributed by atoms with Crippen molar-refractivity contribution in [1.82, 2.24) is 15.2 Å². The molecule has 0 radical (unpaired) electrons. The summed E-state index contributed by atoms with van der Waals surface area (Å²) < 4.78 is 0. The lowest BCUT2D eigenvalue weighted by atomic mass is 9.96. The first-order valence-corrected chi connectivity index (χ1v) is 10.7. The molecule has 5 rings (SSSR count). The van der Waals surface area contributed by atoms with E-state index in [1.165, 1.54) is 5.56 Å². The van der Waals surface area contributed by atoms with E-state index in [1.54, 1.807) is 0 Å². The van der Waals surface area contributed by atoms with Gasteiger partial charge in [0.05, 0.1) is 11.1 Å². The van der Waals surface area contributed by atoms with E-state index in [9.17, 15) is 4.79 Å². The summed E-state index contributed by atoms with van der Waals surface area (Å²) in [4.78, 5) is 20.0. The Bertz CT molecular complexity index is 1250. The average molecular weight is 408 g/mol. The zero-order valence-corrected chi connectivity index (χ0v) is 17.6. The summed E-state index contributed by atoms with van der Waals surface area (Å²) >= 11 is 0. The fourth-order valence-corrected chi connectivity index (χ4v) is 4.34. The molecule has 0 spiro atoms. The Morgan fingerprint density at radius 3 is 2.61 bits per heavy atom. The minimum atomic E-state index is 0.116. The van der Waals surface area contributed by atoms with E-state index >= 15 is 0 Å². The standard InChI is InChI=1S/C27H25N3O/c1-28-17-19-9-11-20(12-10-19)24-7-4-6-22-18-30(27(31)26(22)24)16-15-23-14-13-21-5-2-3-8-25(21)29-23/h2-14,28H,15-18H2,1H3. The number of rotatable bonds is 6. The van der Waals surface area contributed by atoms with E-state index in [1.807, 2.05) is 30.1 Å². The van der Waals surface area contributed by atoms with Crippen molar-refractivity contribution in [2.45, 2.75) is 19.5 Å². The normalized spacial score (nSPS) is 13.1. The van der Waals surface area contributed by atoms with Gasteiger partial charge in [0.1, 0.15) is 0 Å². The van der Waals surface area contributed by atoms with Crippen molar-refractivity contribution in [1.29, 1.82) is 0 Å². The first kappa shape index (κ1) is 19.5. The maximum atomic E-state index is 13.3. The largest absolute Gasteiger partial charge is 0.334 e. The van der Waals surface area contributed by atoms with Crippen LogP contribution in [0.1, 0.15) is 27.2 Å². The van der Waals surface area contributed by atoms with Crippen LogP contribution in [0.2, 0.25) is 0 Å². The van der Waals surface area contributed by atoms with Crippen molar-refractivity contribution < 1.29 is 4.79 Å². The third-order valence-corrected chi connectivity index (χ3v) is 5.95. The zero-order chi connectivity index (χ0) is 21.2. The van der Waals surface area contributed by atoms with Crippen LogP contribution in [0.15, 0.2) is 78.9 Å². The van der Waals surface area contributed by atoms with Gasteiger partial charge in [-0.3, -0.25) is 9.78 Å². The van der Waals surface area contributed by atoms with Crippen LogP contribution in [0.3, 0.4) is 0 Å². The number of hydrogen-bond acceptors (Lipinski definition) is 3. The molecule has 1 aliphatic heterocycles. The van der Waals surface area contributed by atoms with Crippen molar-refractivity contribution in [3.63, 3.8) is 0 Å². The molecule has 4 heteroatoms. The molecule has 0 saturated carbocycles. The zero-order valence-electron chi connectivity index (χ0n) is 17.6. The number of nitrogens with one attached hydrogen (secondary N) is 1. The van der Waals surface area contributed by atoms with Crippen LogP contribution in [0.4, 0.5) is 0 Å². The summed E-state index contributed by atoms with van der Waals surface area (Å²) in [5, 5.41) is 4.31. The topological polar surface area (TPSA) is 45.2 Å². The predicted molar refractivity (Wildman–Crippen MR) is 125 cm³/mol. The summed E-state index contributed by atoms with van der Waals surface area (Å²) in [7, 11) is 1.94. The molecule has 2 heterocycles. The van der Waals surface area contributed by atoms with E-state index < -0.39 is 0 Å². The van der Waals surface area contributed by atoms with E-state index in [2.05, 4.69) is 66.0 Å². The highest BCUT2D eigenvalue weighted by Crippen LogP contribution is 2.33. The first-order chi connectivity index (χ1) is 15.2. The van der Waals surface area contributed by atoms with Gasteiger partial charge in [-0.25, -0.2) is 0 Å². The summed E-state index contributed by atoms with van der Waals surface area (Å²) in [6, 6.07) is 26.9. The van der Waals surface area contributed by atoms with Crippen LogP contribution in [0, 0.1) is 0 Å². The molecule has 0 aliphatic carbocycles. The van der Waals surface area contributed by atoms with E-state index in [0.717, 1.165) is 51.8 Å². The molecular weight excluding hydrogens is 382 g/mol. The van der Waals surface area contributed by atoms with Gasteiger partial charge < -0.3 is 10.2 Å². The summed E-state index contributed by atoms with van der Waals surface area (Å²) in [6.07, 6.45) is 0.749. The smallest absolute Gasteiger partial charge is 0.255 e. The number of para-hydroxylation sites is 1. The molecule has 1 aliphatic rings. The van der Waals surface area contributed by atoms with Gasteiger partial charge in [-0.1, -0.05) is 66.7 Å². The van der Waals surface area contributed by atoms with Crippen LogP contribution in [0.5, 0.6) is 0 Å². The van der Waals surface area contributed by atoms with E-state index in [4.69, 9.17) is 4.98 Å². The molecule has 4 nitrogen and oxygen atoms in total. The van der Waals surface area contributed by atoms with E-state index in [0.29, 0.717) is 13.1 Å². The summed E-state index contributed by atoms with van der Waals surface area (Å²) in [6.45, 7) is 2.16. The SMILES string of the molecule is CNCc1ccc(-c2cccc3c2C(=O)N(CCc2ccc4ccccc4n2)C3)cc1. The van der Waals surface area contributed by atoms with Crippen LogP contribution in [-0.4, -0.2) is 29.4 Å². The molecule has 0 atom stereocenters. The molecule has 4 aromatic rings. The Morgan fingerprint density at radius 1 is 0.935 bits per heavy atom. The fourth-order valence-electron chi connectivity index (χ4n) is 4.34. The molecule has 0 saturated heterocycles. The molecule has 0 unspecified atom stereocenters. The molecule has 154 valence electrons. The maximum Gasteiger partial charge on any atom is 0.255 e. The Labute approximate surface area is 182 Å². The lowest BCUT2D eigenvalue weighted by Crippen LogP contribution is -2.26. The Hall–Kier alpha value is -3.50. The van der Waals surface area contributed by atoms with Crippen molar-refractivity contribution in [3.05, 3.63) is 101 Å². The van der Waals surface area contributed by atoms with Gasteiger partial charge in [0, 0.05) is 37.1 Å². The predicted octanol–water partition coefficient (Wildman–Crippen LogP) is 4.82. The van der Waals surface area contributed by atoms with Gasteiger partial charge in [0.15, 0.2) is 0 Å². The van der Waals surface area contributed by atoms with Gasteiger partial charge in [-0.2, -0.15) is 0 Å². The Kier molecular flexibility index (Phi) is 5.23. The quantitative estimate of drug-likeness (QED) is 0.498. The molecule has 0 bridgehead atoms. The molecular formula is C27H25N3O. The van der Waals surface area contributed by atoms with Crippen molar-refractivity contribution in [2.75, 3.05) is 13.6 Å². The van der Waals surface area contributed by atoms with Gasteiger partial charge in [0.2, 0.25) is 0 Å². The number of carbonyl (C=O) groups excluding carboxylic acids is 1. The van der Waals surface area contributed by atoms with Crippen molar-refractivity contribution in [2.24, 2.45) is 0 Å². The monoisotopic (exact) mass is 407 g/mol. The fraction of sp³-hybridized carbons (Fsp3) is 0.185. The molecule has 1 N–H and O–H groups in total. The molecule has 1 aromatic heterocycles. The third-order valence-electron chi connectivity index (χ3n) is 5.95. The second kappa shape index (κ2) is 8.32. The minimum Gasteiger partial charge on any atom is -0.334 e. The third kappa shape index (κ3) is 3.82. The lowest BCUT2D eigenvalue weighted by Gasteiger charge is -2.15. The number of benzene rings is 3. The maximum absolute atomic E-state index is 13.3. The van der Waals surface area contributed by atoms with Crippen LogP contribution < -0.4 is 5.32 Å². The second-order valence-corrected chi connectivity index (χ2v) is 8.04. The first-order valence-electron chi connectivity index (χ1n) is 10.7. The average Bonchev–Trinajstić information content (AvgIpc) is 3.14. The van der Waals surface area contributed by atoms with Crippen molar-refractivity contribution >= 4 is 16.8 Å². The minimum absolute atomic E-state index is 0.116. The number of amides is 1. The van der Waals surface area contributed by atoms with Gasteiger partial charge in [-0.05, 0) is 41.4 Å². The molecule has 3 aromatic carbocycles. The lowest BCUT2D eigenvalue weighted by molar-refractivity contribution is 0.0780. The van der Waals surface area contributed by atoms with Gasteiger partial charge in [0.25, 0.3) is 5.91 Å². The molecule has 0 fully saturated rings. The second-order valence-electron chi connectivity index (χ2n) is 8.04. The number of aromatic nitrogens is 1. The van der Waals surface area contributed by atoms with Gasteiger partial charge in [-0.15, -0.1) is 0 Å². The van der Waals surface area contributed by atoms with Gasteiger partial charge >= 0.3 is 0 Å². The highest BCUT2D eigenvalue weighted by Gasteiger charge is 2.29. The van der Waals surface area contributed by atoms with E-state index in [-0.39, 0.29) is 5.91 Å².